The third-order valence-electron chi connectivity index (χ3n) is 4.33. The Hall–Kier alpha value is -2.04. The Labute approximate surface area is 145 Å². The van der Waals surface area contributed by atoms with E-state index in [0.29, 0.717) is 19.0 Å². The number of nitrogens with one attached hydrogen (secondary N) is 2. The molecule has 1 atom stereocenters. The topological polar surface area (TPSA) is 56.7 Å². The number of carbonyl (C=O) groups excluding carboxylic acids is 1. The maximum Gasteiger partial charge on any atom is 0.226 e. The molecule has 1 aromatic rings. The third-order valence-corrected chi connectivity index (χ3v) is 4.33. The number of carbonyl (C=O) groups is 1. The van der Waals surface area contributed by atoms with Gasteiger partial charge in [0.05, 0.1) is 6.54 Å². The summed E-state index contributed by atoms with van der Waals surface area (Å²) in [5.74, 6) is 1.08. The van der Waals surface area contributed by atoms with Gasteiger partial charge in [0.2, 0.25) is 5.91 Å². The molecule has 0 aromatic heterocycles. The van der Waals surface area contributed by atoms with E-state index in [4.69, 9.17) is 0 Å². The van der Waals surface area contributed by atoms with E-state index >= 15 is 0 Å². The molecule has 0 aliphatic carbocycles. The normalized spacial score (nSPS) is 16.9. The van der Waals surface area contributed by atoms with Gasteiger partial charge in [-0.1, -0.05) is 19.1 Å². The molecule has 1 aliphatic heterocycles. The molecule has 0 bridgehead atoms. The van der Waals surface area contributed by atoms with Crippen LogP contribution in [0.1, 0.15) is 52.0 Å². The van der Waals surface area contributed by atoms with Gasteiger partial charge < -0.3 is 15.5 Å². The minimum absolute atomic E-state index is 0.235. The van der Waals surface area contributed by atoms with Crippen LogP contribution in [0.25, 0.3) is 0 Å². The Morgan fingerprint density at radius 3 is 2.62 bits per heavy atom. The molecule has 1 fully saturated rings. The number of hydrogen-bond donors (Lipinski definition) is 2. The highest BCUT2D eigenvalue weighted by molar-refractivity contribution is 5.93. The molecule has 1 saturated heterocycles. The van der Waals surface area contributed by atoms with Crippen molar-refractivity contribution in [1.29, 1.82) is 0 Å². The summed E-state index contributed by atoms with van der Waals surface area (Å²) in [6.07, 6.45) is 3.83. The van der Waals surface area contributed by atoms with E-state index in [-0.39, 0.29) is 5.91 Å². The Balaban J connectivity index is 1.99. The number of aliphatic imine (C=N–C) groups is 1. The van der Waals surface area contributed by atoms with Crippen LogP contribution in [0.2, 0.25) is 0 Å². The number of hydrogen-bond acceptors (Lipinski definition) is 2. The molecule has 132 valence electrons. The van der Waals surface area contributed by atoms with Crippen LogP contribution in [0, 0.1) is 0 Å². The number of benzene rings is 1. The molecule has 0 radical (unpaired) electrons. The zero-order valence-corrected chi connectivity index (χ0v) is 15.1. The van der Waals surface area contributed by atoms with Crippen LogP contribution in [0.3, 0.4) is 0 Å². The first kappa shape index (κ1) is 18.3. The van der Waals surface area contributed by atoms with Crippen molar-refractivity contribution in [3.63, 3.8) is 0 Å². The summed E-state index contributed by atoms with van der Waals surface area (Å²) in [6, 6.07) is 8.59. The fourth-order valence-corrected chi connectivity index (χ4v) is 2.69. The SMILES string of the molecule is CCNC(=NCc1ccc(N2CCCCC2=O)cc1)NC(C)CC. The maximum atomic E-state index is 12.0. The van der Waals surface area contributed by atoms with Crippen molar-refractivity contribution in [2.75, 3.05) is 18.0 Å². The number of nitrogens with zero attached hydrogens (tertiary/aromatic N) is 2. The molecule has 0 spiro atoms. The predicted octanol–water partition coefficient (Wildman–Crippen LogP) is 3.06. The molecular weight excluding hydrogens is 300 g/mol. The standard InChI is InChI=1S/C19H30N4O/c1-4-15(3)22-19(20-5-2)21-14-16-9-11-17(12-10-16)23-13-7-6-8-18(23)24/h9-12,15H,4-8,13-14H2,1-3H3,(H2,20,21,22). The van der Waals surface area contributed by atoms with E-state index in [1.165, 1.54) is 0 Å². The summed E-state index contributed by atoms with van der Waals surface area (Å²) in [7, 11) is 0. The van der Waals surface area contributed by atoms with Crippen molar-refractivity contribution >= 4 is 17.6 Å². The molecule has 5 nitrogen and oxygen atoms in total. The number of rotatable bonds is 6. The van der Waals surface area contributed by atoms with Crippen LogP contribution in [0.4, 0.5) is 5.69 Å². The highest BCUT2D eigenvalue weighted by Crippen LogP contribution is 2.21. The first-order valence-corrected chi connectivity index (χ1v) is 9.08. The average molecular weight is 330 g/mol. The predicted molar refractivity (Wildman–Crippen MR) is 100 cm³/mol. The van der Waals surface area contributed by atoms with Gasteiger partial charge in [0.25, 0.3) is 0 Å². The molecule has 2 N–H and O–H groups in total. The van der Waals surface area contributed by atoms with E-state index in [2.05, 4.69) is 48.5 Å². The van der Waals surface area contributed by atoms with Crippen LogP contribution in [0.15, 0.2) is 29.3 Å². The lowest BCUT2D eigenvalue weighted by Gasteiger charge is -2.26. The fourth-order valence-electron chi connectivity index (χ4n) is 2.69. The average Bonchev–Trinajstić information content (AvgIpc) is 2.61. The van der Waals surface area contributed by atoms with Crippen molar-refractivity contribution in [2.24, 2.45) is 4.99 Å². The highest BCUT2D eigenvalue weighted by Gasteiger charge is 2.19. The van der Waals surface area contributed by atoms with Gasteiger partial charge in [0.1, 0.15) is 0 Å². The number of anilines is 1. The first-order chi connectivity index (χ1) is 11.6. The van der Waals surface area contributed by atoms with Gasteiger partial charge in [-0.2, -0.15) is 0 Å². The molecule has 1 heterocycles. The fraction of sp³-hybridized carbons (Fsp3) is 0.579. The number of piperidine rings is 1. The lowest BCUT2D eigenvalue weighted by Crippen LogP contribution is -2.41. The summed E-state index contributed by atoms with van der Waals surface area (Å²) in [4.78, 5) is 18.5. The third kappa shape index (κ3) is 5.25. The van der Waals surface area contributed by atoms with Gasteiger partial charge in [-0.15, -0.1) is 0 Å². The van der Waals surface area contributed by atoms with E-state index in [9.17, 15) is 4.79 Å². The van der Waals surface area contributed by atoms with Gasteiger partial charge in [-0.3, -0.25) is 4.79 Å². The van der Waals surface area contributed by atoms with Crippen molar-refractivity contribution in [1.82, 2.24) is 10.6 Å². The van der Waals surface area contributed by atoms with E-state index in [1.54, 1.807) is 0 Å². The van der Waals surface area contributed by atoms with Crippen LogP contribution in [-0.4, -0.2) is 31.0 Å². The van der Waals surface area contributed by atoms with Gasteiger partial charge in [-0.25, -0.2) is 4.99 Å². The second-order valence-corrected chi connectivity index (χ2v) is 6.32. The molecule has 2 rings (SSSR count). The zero-order chi connectivity index (χ0) is 17.4. The van der Waals surface area contributed by atoms with Crippen molar-refractivity contribution in [3.05, 3.63) is 29.8 Å². The minimum Gasteiger partial charge on any atom is -0.357 e. The van der Waals surface area contributed by atoms with Gasteiger partial charge in [0.15, 0.2) is 5.96 Å². The summed E-state index contributed by atoms with van der Waals surface area (Å²) < 4.78 is 0. The van der Waals surface area contributed by atoms with Gasteiger partial charge in [0, 0.05) is 31.2 Å². The maximum absolute atomic E-state index is 12.0. The number of guanidine groups is 1. The van der Waals surface area contributed by atoms with Gasteiger partial charge >= 0.3 is 0 Å². The Kier molecular flexibility index (Phi) is 7.09. The highest BCUT2D eigenvalue weighted by atomic mass is 16.2. The van der Waals surface area contributed by atoms with E-state index in [1.807, 2.05) is 17.0 Å². The molecule has 1 aromatic carbocycles. The molecule has 1 unspecified atom stereocenters. The second-order valence-electron chi connectivity index (χ2n) is 6.32. The molecule has 0 saturated carbocycles. The van der Waals surface area contributed by atoms with E-state index < -0.39 is 0 Å². The second kappa shape index (κ2) is 9.30. The molecule has 1 amide bonds. The largest absolute Gasteiger partial charge is 0.357 e. The van der Waals surface area contributed by atoms with Crippen LogP contribution < -0.4 is 15.5 Å². The quantitative estimate of drug-likeness (QED) is 0.622. The van der Waals surface area contributed by atoms with Crippen LogP contribution in [-0.2, 0) is 11.3 Å². The first-order valence-electron chi connectivity index (χ1n) is 9.08. The molecule has 24 heavy (non-hydrogen) atoms. The summed E-state index contributed by atoms with van der Waals surface area (Å²) in [5.41, 5.74) is 2.14. The van der Waals surface area contributed by atoms with Crippen LogP contribution >= 0.6 is 0 Å². The monoisotopic (exact) mass is 330 g/mol. The smallest absolute Gasteiger partial charge is 0.226 e. The zero-order valence-electron chi connectivity index (χ0n) is 15.1. The molecular formula is C19H30N4O. The number of amides is 1. The van der Waals surface area contributed by atoms with E-state index in [0.717, 1.165) is 49.6 Å². The van der Waals surface area contributed by atoms with Crippen LogP contribution in [0.5, 0.6) is 0 Å². The lowest BCUT2D eigenvalue weighted by molar-refractivity contribution is -0.119. The van der Waals surface area contributed by atoms with Crippen molar-refractivity contribution < 1.29 is 4.79 Å². The Morgan fingerprint density at radius 1 is 1.25 bits per heavy atom. The summed E-state index contributed by atoms with van der Waals surface area (Å²) in [5, 5.41) is 6.67. The summed E-state index contributed by atoms with van der Waals surface area (Å²) >= 11 is 0. The summed E-state index contributed by atoms with van der Waals surface area (Å²) in [6.45, 7) is 8.68. The lowest BCUT2D eigenvalue weighted by atomic mass is 10.1. The Bertz CT molecular complexity index is 553. The molecule has 1 aliphatic rings. The molecule has 5 heteroatoms. The van der Waals surface area contributed by atoms with Crippen molar-refractivity contribution in [2.45, 2.75) is 59.0 Å². The van der Waals surface area contributed by atoms with Gasteiger partial charge in [-0.05, 0) is 50.8 Å². The van der Waals surface area contributed by atoms with Crippen molar-refractivity contribution in [3.8, 4) is 0 Å². The Morgan fingerprint density at radius 2 is 2.00 bits per heavy atom. The minimum atomic E-state index is 0.235.